The molecule has 0 N–H and O–H groups in total. The molecule has 0 aliphatic carbocycles. The molecule has 0 saturated carbocycles. The summed E-state index contributed by atoms with van der Waals surface area (Å²) in [5.74, 6) is 0.942. The molecule has 26 heavy (non-hydrogen) atoms. The van der Waals surface area contributed by atoms with Gasteiger partial charge in [0.05, 0.1) is 13.3 Å². The Labute approximate surface area is 152 Å². The molecule has 0 unspecified atom stereocenters. The van der Waals surface area contributed by atoms with Crippen LogP contribution in [0, 0.1) is 0 Å². The molecular weight excluding hydrogens is 356 g/mol. The zero-order chi connectivity index (χ0) is 18.7. The van der Waals surface area contributed by atoms with Crippen molar-refractivity contribution < 1.29 is 22.7 Å². The second kappa shape index (κ2) is 7.43. The van der Waals surface area contributed by atoms with Gasteiger partial charge in [0, 0.05) is 24.7 Å². The van der Waals surface area contributed by atoms with Crippen molar-refractivity contribution in [3.8, 4) is 17.4 Å². The Morgan fingerprint density at radius 3 is 2.42 bits per heavy atom. The molecule has 0 atom stereocenters. The van der Waals surface area contributed by atoms with E-state index in [-0.39, 0.29) is 16.6 Å². The number of ketones is 1. The van der Waals surface area contributed by atoms with Crippen molar-refractivity contribution in [1.29, 1.82) is 0 Å². The lowest BCUT2D eigenvalue weighted by Crippen LogP contribution is -2.27. The molecule has 8 heteroatoms. The number of pyridine rings is 1. The lowest BCUT2D eigenvalue weighted by Gasteiger charge is -2.15. The highest BCUT2D eigenvalue weighted by Gasteiger charge is 2.27. The lowest BCUT2D eigenvalue weighted by molar-refractivity contribution is 0.101. The van der Waals surface area contributed by atoms with Gasteiger partial charge in [0.1, 0.15) is 4.90 Å². The van der Waals surface area contributed by atoms with E-state index in [4.69, 9.17) is 9.47 Å². The Hall–Kier alpha value is -2.45. The number of benzene rings is 1. The van der Waals surface area contributed by atoms with Crippen LogP contribution in [0.3, 0.4) is 0 Å². The number of hydrogen-bond donors (Lipinski definition) is 0. The van der Waals surface area contributed by atoms with Crippen LogP contribution in [0.25, 0.3) is 0 Å². The van der Waals surface area contributed by atoms with Crippen LogP contribution in [0.5, 0.6) is 17.4 Å². The number of aromatic nitrogens is 1. The highest BCUT2D eigenvalue weighted by atomic mass is 32.2. The normalized spacial score (nSPS) is 15.0. The van der Waals surface area contributed by atoms with Crippen molar-refractivity contribution in [2.24, 2.45) is 0 Å². The molecule has 1 aliphatic rings. The van der Waals surface area contributed by atoms with Crippen molar-refractivity contribution in [3.63, 3.8) is 0 Å². The quantitative estimate of drug-likeness (QED) is 0.721. The number of carbonyl (C=O) groups is 1. The third-order valence-corrected chi connectivity index (χ3v) is 6.08. The van der Waals surface area contributed by atoms with E-state index in [2.05, 4.69) is 4.98 Å². The van der Waals surface area contributed by atoms with Crippen LogP contribution in [-0.2, 0) is 10.0 Å². The summed E-state index contributed by atoms with van der Waals surface area (Å²) in [6.07, 6.45) is 3.05. The van der Waals surface area contributed by atoms with Crippen molar-refractivity contribution >= 4 is 15.8 Å². The van der Waals surface area contributed by atoms with E-state index in [1.54, 1.807) is 18.2 Å². The second-order valence-electron chi connectivity index (χ2n) is 5.97. The fraction of sp³-hybridized carbons (Fsp3) is 0.333. The molecule has 1 fully saturated rings. The van der Waals surface area contributed by atoms with E-state index in [0.717, 1.165) is 12.8 Å². The first kappa shape index (κ1) is 18.3. The highest BCUT2D eigenvalue weighted by Crippen LogP contribution is 2.32. The number of hydrogen-bond acceptors (Lipinski definition) is 6. The molecule has 0 bridgehead atoms. The topological polar surface area (TPSA) is 85.8 Å². The number of carbonyl (C=O) groups excluding carboxylic acids is 1. The first-order chi connectivity index (χ1) is 12.4. The van der Waals surface area contributed by atoms with E-state index < -0.39 is 10.0 Å². The van der Waals surface area contributed by atoms with Crippen molar-refractivity contribution in [2.75, 3.05) is 20.2 Å². The lowest BCUT2D eigenvalue weighted by atomic mass is 10.1. The summed E-state index contributed by atoms with van der Waals surface area (Å²) in [5.41, 5.74) is 0.509. The number of nitrogens with zero attached hydrogens (tertiary/aromatic N) is 2. The van der Waals surface area contributed by atoms with Crippen LogP contribution in [0.15, 0.2) is 41.4 Å². The maximum atomic E-state index is 12.5. The van der Waals surface area contributed by atoms with E-state index in [1.165, 1.54) is 36.7 Å². The minimum atomic E-state index is -3.50. The Kier molecular flexibility index (Phi) is 5.24. The summed E-state index contributed by atoms with van der Waals surface area (Å²) in [5, 5.41) is 0. The van der Waals surface area contributed by atoms with Gasteiger partial charge in [-0.25, -0.2) is 13.4 Å². The van der Waals surface area contributed by atoms with Gasteiger partial charge in [-0.2, -0.15) is 4.31 Å². The van der Waals surface area contributed by atoms with Gasteiger partial charge in [-0.05, 0) is 44.0 Å². The molecule has 0 amide bonds. The van der Waals surface area contributed by atoms with E-state index >= 15 is 0 Å². The van der Waals surface area contributed by atoms with Crippen LogP contribution in [-0.4, -0.2) is 43.7 Å². The predicted octanol–water partition coefficient (Wildman–Crippen LogP) is 2.87. The average Bonchev–Trinajstić information content (AvgIpc) is 3.18. The van der Waals surface area contributed by atoms with Crippen molar-refractivity contribution in [2.45, 2.75) is 24.7 Å². The molecule has 1 aromatic carbocycles. The van der Waals surface area contributed by atoms with Crippen LogP contribution in [0.1, 0.15) is 30.1 Å². The molecular formula is C18H20N2O5S. The Morgan fingerprint density at radius 2 is 1.85 bits per heavy atom. The van der Waals surface area contributed by atoms with Crippen molar-refractivity contribution in [1.82, 2.24) is 9.29 Å². The minimum Gasteiger partial charge on any atom is -0.493 e. The van der Waals surface area contributed by atoms with Gasteiger partial charge in [-0.1, -0.05) is 0 Å². The van der Waals surface area contributed by atoms with Gasteiger partial charge < -0.3 is 9.47 Å². The van der Waals surface area contributed by atoms with Crippen LogP contribution < -0.4 is 9.47 Å². The summed E-state index contributed by atoms with van der Waals surface area (Å²) in [4.78, 5) is 15.7. The molecule has 2 heterocycles. The SMILES string of the molecule is COc1cc(C(C)=O)ccc1Oc1ccc(S(=O)(=O)N2CCCC2)cn1. The maximum Gasteiger partial charge on any atom is 0.244 e. The number of rotatable bonds is 6. The van der Waals surface area contributed by atoms with E-state index in [9.17, 15) is 13.2 Å². The molecule has 1 aliphatic heterocycles. The number of Topliss-reactive ketones (excluding diaryl/α,β-unsaturated/α-hetero) is 1. The second-order valence-corrected chi connectivity index (χ2v) is 7.91. The third-order valence-electron chi connectivity index (χ3n) is 4.20. The Morgan fingerprint density at radius 1 is 1.12 bits per heavy atom. The minimum absolute atomic E-state index is 0.0792. The summed E-state index contributed by atoms with van der Waals surface area (Å²) in [6.45, 7) is 2.55. The van der Waals surface area contributed by atoms with Gasteiger partial charge in [-0.15, -0.1) is 0 Å². The third kappa shape index (κ3) is 3.71. The maximum absolute atomic E-state index is 12.5. The summed E-state index contributed by atoms with van der Waals surface area (Å²) in [7, 11) is -2.03. The Balaban J connectivity index is 1.80. The summed E-state index contributed by atoms with van der Waals surface area (Å²) >= 11 is 0. The Bertz CT molecular complexity index is 904. The van der Waals surface area contributed by atoms with E-state index in [0.29, 0.717) is 30.2 Å². The first-order valence-corrected chi connectivity index (χ1v) is 9.69. The van der Waals surface area contributed by atoms with E-state index in [1.807, 2.05) is 0 Å². The number of methoxy groups -OCH3 is 1. The molecule has 1 aromatic heterocycles. The fourth-order valence-corrected chi connectivity index (χ4v) is 4.20. The molecule has 0 spiro atoms. The van der Waals surface area contributed by atoms with Gasteiger partial charge >= 0.3 is 0 Å². The van der Waals surface area contributed by atoms with Crippen LogP contribution in [0.2, 0.25) is 0 Å². The van der Waals surface area contributed by atoms with Crippen LogP contribution in [0.4, 0.5) is 0 Å². The molecule has 3 rings (SSSR count). The zero-order valence-corrected chi connectivity index (χ0v) is 15.5. The molecule has 138 valence electrons. The van der Waals surface area contributed by atoms with Gasteiger partial charge in [0.25, 0.3) is 0 Å². The number of ether oxygens (including phenoxy) is 2. The largest absolute Gasteiger partial charge is 0.493 e. The summed E-state index contributed by atoms with van der Waals surface area (Å²) in [6, 6.07) is 7.82. The molecule has 0 radical (unpaired) electrons. The average molecular weight is 376 g/mol. The molecule has 1 saturated heterocycles. The predicted molar refractivity (Wildman–Crippen MR) is 95.3 cm³/mol. The smallest absolute Gasteiger partial charge is 0.244 e. The van der Waals surface area contributed by atoms with Gasteiger partial charge in [0.2, 0.25) is 15.9 Å². The fourth-order valence-electron chi connectivity index (χ4n) is 2.74. The van der Waals surface area contributed by atoms with Gasteiger partial charge in [-0.3, -0.25) is 4.79 Å². The monoisotopic (exact) mass is 376 g/mol. The molecule has 7 nitrogen and oxygen atoms in total. The molecule has 2 aromatic rings. The summed E-state index contributed by atoms with van der Waals surface area (Å²) < 4.78 is 37.4. The highest BCUT2D eigenvalue weighted by molar-refractivity contribution is 7.89. The first-order valence-electron chi connectivity index (χ1n) is 8.25. The standard InChI is InChI=1S/C18H20N2O5S/c1-13(21)14-5-7-16(17(11-14)24-2)25-18-8-6-15(12-19-18)26(22,23)20-9-3-4-10-20/h5-8,11-12H,3-4,9-10H2,1-2H3. The van der Waals surface area contributed by atoms with Gasteiger partial charge in [0.15, 0.2) is 17.3 Å². The zero-order valence-electron chi connectivity index (χ0n) is 14.6. The van der Waals surface area contributed by atoms with Crippen LogP contribution >= 0.6 is 0 Å². The van der Waals surface area contributed by atoms with Crippen molar-refractivity contribution in [3.05, 3.63) is 42.1 Å². The number of sulfonamides is 1.